The van der Waals surface area contributed by atoms with E-state index in [1.807, 2.05) is 6.07 Å². The number of hydrogen-bond acceptors (Lipinski definition) is 4. The number of pyridine rings is 1. The van der Waals surface area contributed by atoms with Crippen molar-refractivity contribution in [1.82, 2.24) is 4.98 Å². The van der Waals surface area contributed by atoms with E-state index >= 15 is 0 Å². The molecule has 4 aliphatic carbocycles. The van der Waals surface area contributed by atoms with Crippen LogP contribution < -0.4 is 11.1 Å². The highest BCUT2D eigenvalue weighted by atomic mass is 15.0. The molecule has 4 saturated carbocycles. The fourth-order valence-electron chi connectivity index (χ4n) is 5.16. The number of nitrogens with one attached hydrogen (secondary N) is 1. The summed E-state index contributed by atoms with van der Waals surface area (Å²) in [5.74, 6) is 4.07. The topological polar surface area (TPSA) is 74.7 Å². The minimum atomic E-state index is -0.0665. The van der Waals surface area contributed by atoms with Crippen LogP contribution in [0.2, 0.25) is 0 Å². The Labute approximate surface area is 125 Å². The molecule has 0 unspecified atom stereocenters. The van der Waals surface area contributed by atoms with Gasteiger partial charge in [-0.05, 0) is 67.9 Å². The molecule has 0 amide bonds. The molecule has 21 heavy (non-hydrogen) atoms. The minimum absolute atomic E-state index is 0.0665. The van der Waals surface area contributed by atoms with Crippen LogP contribution in [0.3, 0.4) is 0 Å². The van der Waals surface area contributed by atoms with Gasteiger partial charge in [0.25, 0.3) is 0 Å². The van der Waals surface area contributed by atoms with E-state index in [1.165, 1.54) is 32.1 Å². The number of aromatic nitrogens is 1. The van der Waals surface area contributed by atoms with Gasteiger partial charge in [0.1, 0.15) is 11.9 Å². The van der Waals surface area contributed by atoms with Crippen molar-refractivity contribution in [3.63, 3.8) is 0 Å². The lowest BCUT2D eigenvalue weighted by Gasteiger charge is -2.60. The molecule has 1 aromatic heterocycles. The van der Waals surface area contributed by atoms with Gasteiger partial charge < -0.3 is 11.1 Å². The van der Waals surface area contributed by atoms with E-state index in [9.17, 15) is 0 Å². The fraction of sp³-hybridized carbons (Fsp3) is 0.647. The summed E-state index contributed by atoms with van der Waals surface area (Å²) in [6.07, 6.45) is 8.37. The highest BCUT2D eigenvalue weighted by molar-refractivity contribution is 5.39. The standard InChI is InChI=1S/C17H22N4/c18-8-11-1-2-16(20-9-11)21-10-17(19)14-4-12-3-13(6-14)7-15(17)5-12/h1-2,9,12-15H,3-7,10,19H2,(H,20,21). The average Bonchev–Trinajstić information content (AvgIpc) is 2.50. The van der Waals surface area contributed by atoms with Crippen molar-refractivity contribution in [2.75, 3.05) is 11.9 Å². The van der Waals surface area contributed by atoms with Gasteiger partial charge in [-0.15, -0.1) is 0 Å². The molecule has 1 aromatic rings. The van der Waals surface area contributed by atoms with E-state index in [1.54, 1.807) is 12.3 Å². The van der Waals surface area contributed by atoms with E-state index in [0.717, 1.165) is 24.2 Å². The Balaban J connectivity index is 1.47. The molecule has 4 fully saturated rings. The van der Waals surface area contributed by atoms with Gasteiger partial charge in [0.2, 0.25) is 0 Å². The number of nitrogens with two attached hydrogens (primary N) is 1. The van der Waals surface area contributed by atoms with Crippen LogP contribution in [0.4, 0.5) is 5.82 Å². The zero-order valence-electron chi connectivity index (χ0n) is 12.3. The van der Waals surface area contributed by atoms with Crippen molar-refractivity contribution in [3.05, 3.63) is 23.9 Å². The molecule has 4 bridgehead atoms. The Morgan fingerprint density at radius 2 is 1.86 bits per heavy atom. The first-order chi connectivity index (χ1) is 10.2. The predicted octanol–water partition coefficient (Wildman–Crippen LogP) is 2.52. The monoisotopic (exact) mass is 282 g/mol. The van der Waals surface area contributed by atoms with Crippen LogP contribution in [0.5, 0.6) is 0 Å². The molecular formula is C17H22N4. The Morgan fingerprint density at radius 1 is 1.19 bits per heavy atom. The smallest absolute Gasteiger partial charge is 0.126 e. The van der Waals surface area contributed by atoms with Crippen LogP contribution in [0.25, 0.3) is 0 Å². The van der Waals surface area contributed by atoms with Crippen molar-refractivity contribution in [2.24, 2.45) is 29.4 Å². The molecule has 3 N–H and O–H groups in total. The van der Waals surface area contributed by atoms with Gasteiger partial charge >= 0.3 is 0 Å². The Bertz CT molecular complexity index is 543. The number of rotatable bonds is 3. The van der Waals surface area contributed by atoms with Gasteiger partial charge in [0.05, 0.1) is 5.56 Å². The summed E-state index contributed by atoms with van der Waals surface area (Å²) in [5, 5.41) is 12.2. The number of nitriles is 1. The summed E-state index contributed by atoms with van der Waals surface area (Å²) < 4.78 is 0. The maximum absolute atomic E-state index is 8.81. The minimum Gasteiger partial charge on any atom is -0.368 e. The molecule has 4 aliphatic rings. The first kappa shape index (κ1) is 13.1. The second-order valence-electron chi connectivity index (χ2n) is 7.31. The zero-order chi connectivity index (χ0) is 14.4. The molecule has 0 saturated heterocycles. The Morgan fingerprint density at radius 3 is 2.38 bits per heavy atom. The van der Waals surface area contributed by atoms with Crippen LogP contribution in [0.1, 0.15) is 37.7 Å². The Kier molecular flexibility index (Phi) is 2.93. The second-order valence-corrected chi connectivity index (χ2v) is 7.31. The van der Waals surface area contributed by atoms with Gasteiger partial charge in [0.15, 0.2) is 0 Å². The summed E-state index contributed by atoms with van der Waals surface area (Å²) in [5.41, 5.74) is 7.38. The number of hydrogen-bond donors (Lipinski definition) is 2. The van der Waals surface area contributed by atoms with Crippen molar-refractivity contribution < 1.29 is 0 Å². The largest absolute Gasteiger partial charge is 0.368 e. The molecular weight excluding hydrogens is 260 g/mol. The Hall–Kier alpha value is -1.60. The van der Waals surface area contributed by atoms with E-state index < -0.39 is 0 Å². The molecule has 0 aromatic carbocycles. The lowest BCUT2D eigenvalue weighted by Crippen LogP contribution is -2.66. The third-order valence-electron chi connectivity index (χ3n) is 6.13. The van der Waals surface area contributed by atoms with Gasteiger partial charge in [-0.2, -0.15) is 5.26 Å². The van der Waals surface area contributed by atoms with Gasteiger partial charge in [0, 0.05) is 18.3 Å². The van der Waals surface area contributed by atoms with Crippen molar-refractivity contribution in [1.29, 1.82) is 5.26 Å². The van der Waals surface area contributed by atoms with Crippen LogP contribution >= 0.6 is 0 Å². The molecule has 4 heteroatoms. The normalized spacial score (nSPS) is 40.0. The molecule has 0 spiro atoms. The predicted molar refractivity (Wildman–Crippen MR) is 81.4 cm³/mol. The van der Waals surface area contributed by atoms with Crippen LogP contribution in [-0.2, 0) is 0 Å². The van der Waals surface area contributed by atoms with E-state index in [0.29, 0.717) is 17.4 Å². The molecule has 1 heterocycles. The van der Waals surface area contributed by atoms with Crippen LogP contribution in [0.15, 0.2) is 18.3 Å². The summed E-state index contributed by atoms with van der Waals surface area (Å²) in [7, 11) is 0. The third-order valence-corrected chi connectivity index (χ3v) is 6.13. The molecule has 4 nitrogen and oxygen atoms in total. The first-order valence-corrected chi connectivity index (χ1v) is 8.06. The highest BCUT2D eigenvalue weighted by Gasteiger charge is 2.55. The summed E-state index contributed by atoms with van der Waals surface area (Å²) in [4.78, 5) is 4.29. The maximum atomic E-state index is 8.81. The quantitative estimate of drug-likeness (QED) is 0.893. The van der Waals surface area contributed by atoms with E-state index in [4.69, 9.17) is 11.0 Å². The fourth-order valence-corrected chi connectivity index (χ4v) is 5.16. The molecule has 0 atom stereocenters. The average molecular weight is 282 g/mol. The summed E-state index contributed by atoms with van der Waals surface area (Å²) in [6.45, 7) is 0.806. The van der Waals surface area contributed by atoms with E-state index in [-0.39, 0.29) is 5.54 Å². The second kappa shape index (κ2) is 4.71. The van der Waals surface area contributed by atoms with Crippen molar-refractivity contribution in [2.45, 2.75) is 37.6 Å². The van der Waals surface area contributed by atoms with Crippen LogP contribution in [0, 0.1) is 35.0 Å². The lowest BCUT2D eigenvalue weighted by atomic mass is 9.49. The first-order valence-electron chi connectivity index (χ1n) is 8.06. The van der Waals surface area contributed by atoms with Gasteiger partial charge in [-0.25, -0.2) is 4.98 Å². The third kappa shape index (κ3) is 2.11. The highest BCUT2D eigenvalue weighted by Crippen LogP contribution is 2.57. The molecule has 110 valence electrons. The zero-order valence-corrected chi connectivity index (χ0v) is 12.3. The molecule has 0 radical (unpaired) electrons. The summed E-state index contributed by atoms with van der Waals surface area (Å²) in [6, 6.07) is 5.77. The molecule has 5 rings (SSSR count). The lowest BCUT2D eigenvalue weighted by molar-refractivity contribution is -0.0489. The number of anilines is 1. The van der Waals surface area contributed by atoms with E-state index in [2.05, 4.69) is 16.4 Å². The van der Waals surface area contributed by atoms with Gasteiger partial charge in [-0.1, -0.05) is 0 Å². The maximum Gasteiger partial charge on any atom is 0.126 e. The van der Waals surface area contributed by atoms with Gasteiger partial charge in [-0.3, -0.25) is 0 Å². The van der Waals surface area contributed by atoms with Crippen molar-refractivity contribution >= 4 is 5.82 Å². The number of nitrogens with zero attached hydrogens (tertiary/aromatic N) is 2. The molecule has 0 aliphatic heterocycles. The van der Waals surface area contributed by atoms with Crippen LogP contribution in [-0.4, -0.2) is 17.1 Å². The SMILES string of the molecule is N#Cc1ccc(NCC2(N)C3CC4CC(C3)CC2C4)nc1. The van der Waals surface area contributed by atoms with Crippen molar-refractivity contribution in [3.8, 4) is 6.07 Å². The summed E-state index contributed by atoms with van der Waals surface area (Å²) >= 11 is 0.